The van der Waals surface area contributed by atoms with Gasteiger partial charge in [0.25, 0.3) is 0 Å². The van der Waals surface area contributed by atoms with Crippen molar-refractivity contribution in [3.63, 3.8) is 0 Å². The van der Waals surface area contributed by atoms with Crippen LogP contribution in [0.4, 0.5) is 0 Å². The molecule has 0 spiro atoms. The van der Waals surface area contributed by atoms with Crippen molar-refractivity contribution in [3.8, 4) is 0 Å². The molecular weight excluding hydrogens is 420 g/mol. The first-order chi connectivity index (χ1) is 15.4. The number of hydrogen-bond acceptors (Lipinski definition) is 5. The van der Waals surface area contributed by atoms with Crippen LogP contribution in [-0.2, 0) is 28.7 Å². The van der Waals surface area contributed by atoms with Crippen LogP contribution in [0.5, 0.6) is 0 Å². The SMILES string of the molecule is CC(C)S(=O)(=O)Cc1cccc(C2CCN(Cc3cncn3Cc3ccccn3)CC2)c1. The number of piperidine rings is 1. The Morgan fingerprint density at radius 1 is 1.06 bits per heavy atom. The quantitative estimate of drug-likeness (QED) is 0.516. The average molecular weight is 453 g/mol. The molecule has 0 amide bonds. The molecule has 3 heterocycles. The van der Waals surface area contributed by atoms with Crippen molar-refractivity contribution < 1.29 is 8.42 Å². The number of aromatic nitrogens is 3. The first-order valence-corrected chi connectivity index (χ1v) is 13.0. The fourth-order valence-electron chi connectivity index (χ4n) is 4.28. The van der Waals surface area contributed by atoms with Gasteiger partial charge in [-0.05, 0) is 69.0 Å². The van der Waals surface area contributed by atoms with Crippen molar-refractivity contribution in [3.05, 3.63) is 83.7 Å². The largest absolute Gasteiger partial charge is 0.327 e. The summed E-state index contributed by atoms with van der Waals surface area (Å²) in [5.41, 5.74) is 4.40. The van der Waals surface area contributed by atoms with Gasteiger partial charge in [-0.25, -0.2) is 13.4 Å². The number of rotatable bonds is 8. The number of sulfone groups is 1. The maximum atomic E-state index is 12.3. The van der Waals surface area contributed by atoms with E-state index in [1.165, 1.54) is 11.3 Å². The van der Waals surface area contributed by atoms with E-state index in [1.54, 1.807) is 13.8 Å². The Balaban J connectivity index is 1.35. The summed E-state index contributed by atoms with van der Waals surface area (Å²) in [5, 5.41) is -0.347. The lowest BCUT2D eigenvalue weighted by Crippen LogP contribution is -2.33. The summed E-state index contributed by atoms with van der Waals surface area (Å²) in [4.78, 5) is 11.3. The summed E-state index contributed by atoms with van der Waals surface area (Å²) in [5.74, 6) is 0.601. The third-order valence-electron chi connectivity index (χ3n) is 6.34. The second kappa shape index (κ2) is 9.96. The van der Waals surface area contributed by atoms with E-state index in [0.29, 0.717) is 5.92 Å². The molecule has 3 aromatic rings. The number of likely N-dealkylation sites (tertiary alicyclic amines) is 1. The Bertz CT molecular complexity index is 1120. The second-order valence-corrected chi connectivity index (χ2v) is 11.5. The number of nitrogens with zero attached hydrogens (tertiary/aromatic N) is 4. The Morgan fingerprint density at radius 3 is 2.59 bits per heavy atom. The van der Waals surface area contributed by atoms with Crippen LogP contribution in [0.25, 0.3) is 0 Å². The molecule has 1 aliphatic heterocycles. The first kappa shape index (κ1) is 22.7. The van der Waals surface area contributed by atoms with Crippen molar-refractivity contribution in [1.82, 2.24) is 19.4 Å². The Morgan fingerprint density at radius 2 is 1.88 bits per heavy atom. The van der Waals surface area contributed by atoms with Crippen LogP contribution in [0.3, 0.4) is 0 Å². The minimum atomic E-state index is -3.08. The number of hydrogen-bond donors (Lipinski definition) is 0. The molecule has 6 nitrogen and oxygen atoms in total. The highest BCUT2D eigenvalue weighted by Gasteiger charge is 2.23. The van der Waals surface area contributed by atoms with Gasteiger partial charge >= 0.3 is 0 Å². The van der Waals surface area contributed by atoms with E-state index in [0.717, 1.165) is 50.3 Å². The molecular formula is C25H32N4O2S. The van der Waals surface area contributed by atoms with Crippen molar-refractivity contribution >= 4 is 9.84 Å². The summed E-state index contributed by atoms with van der Waals surface area (Å²) >= 11 is 0. The van der Waals surface area contributed by atoms with Gasteiger partial charge in [0.2, 0.25) is 0 Å². The summed E-state index contributed by atoms with van der Waals surface area (Å²) in [6, 6.07) is 14.2. The van der Waals surface area contributed by atoms with Gasteiger partial charge in [-0.15, -0.1) is 0 Å². The highest BCUT2D eigenvalue weighted by Crippen LogP contribution is 2.29. The lowest BCUT2D eigenvalue weighted by molar-refractivity contribution is 0.200. The van der Waals surface area contributed by atoms with Crippen LogP contribution in [0.2, 0.25) is 0 Å². The van der Waals surface area contributed by atoms with Gasteiger partial charge in [0.15, 0.2) is 9.84 Å². The molecule has 0 atom stereocenters. The summed E-state index contributed by atoms with van der Waals surface area (Å²) in [6.07, 6.45) is 7.81. The molecule has 4 rings (SSSR count). The number of benzene rings is 1. The molecule has 32 heavy (non-hydrogen) atoms. The minimum Gasteiger partial charge on any atom is -0.327 e. The van der Waals surface area contributed by atoms with Crippen LogP contribution < -0.4 is 0 Å². The normalized spacial score (nSPS) is 16.0. The van der Waals surface area contributed by atoms with E-state index in [4.69, 9.17) is 0 Å². The smallest absolute Gasteiger partial charge is 0.156 e. The molecule has 1 fully saturated rings. The van der Waals surface area contributed by atoms with Crippen molar-refractivity contribution in [2.45, 2.75) is 56.7 Å². The van der Waals surface area contributed by atoms with Gasteiger partial charge in [0.1, 0.15) is 0 Å². The van der Waals surface area contributed by atoms with Gasteiger partial charge in [-0.3, -0.25) is 9.88 Å². The summed E-state index contributed by atoms with van der Waals surface area (Å²) in [7, 11) is -3.08. The van der Waals surface area contributed by atoms with Gasteiger partial charge in [-0.2, -0.15) is 0 Å². The standard InChI is InChI=1S/C25H32N4O2S/c1-20(2)32(30,31)18-21-6-5-7-23(14-21)22-9-12-28(13-10-22)17-25-15-26-19-29(25)16-24-8-3-4-11-27-24/h3-8,11,14-15,19-20,22H,9-10,12-13,16-18H2,1-2H3. The van der Waals surface area contributed by atoms with E-state index in [2.05, 4.69) is 31.6 Å². The molecule has 170 valence electrons. The third kappa shape index (κ3) is 5.64. The molecule has 0 aliphatic carbocycles. The van der Waals surface area contributed by atoms with E-state index < -0.39 is 9.84 Å². The first-order valence-electron chi connectivity index (χ1n) is 11.3. The Labute approximate surface area is 191 Å². The van der Waals surface area contributed by atoms with E-state index in [1.807, 2.05) is 49.1 Å². The molecule has 0 bridgehead atoms. The monoisotopic (exact) mass is 452 g/mol. The molecule has 7 heteroatoms. The predicted molar refractivity (Wildman–Crippen MR) is 127 cm³/mol. The highest BCUT2D eigenvalue weighted by atomic mass is 32.2. The average Bonchev–Trinajstić information content (AvgIpc) is 3.21. The van der Waals surface area contributed by atoms with Gasteiger partial charge in [0.05, 0.1) is 35.3 Å². The zero-order valence-corrected chi connectivity index (χ0v) is 19.7. The van der Waals surface area contributed by atoms with Crippen LogP contribution >= 0.6 is 0 Å². The molecule has 1 aromatic carbocycles. The third-order valence-corrected chi connectivity index (χ3v) is 8.51. The van der Waals surface area contributed by atoms with Crippen LogP contribution in [0.1, 0.15) is 55.1 Å². The molecule has 0 saturated carbocycles. The molecule has 0 N–H and O–H groups in total. The predicted octanol–water partition coefficient (Wildman–Crippen LogP) is 4.03. The zero-order valence-electron chi connectivity index (χ0n) is 18.9. The zero-order chi connectivity index (χ0) is 22.6. The molecule has 2 aromatic heterocycles. The van der Waals surface area contributed by atoms with Crippen LogP contribution in [0, 0.1) is 0 Å². The van der Waals surface area contributed by atoms with Crippen LogP contribution in [-0.4, -0.2) is 46.2 Å². The minimum absolute atomic E-state index is 0.123. The number of pyridine rings is 1. The topological polar surface area (TPSA) is 68.1 Å². The Hall–Kier alpha value is -2.51. The van der Waals surface area contributed by atoms with Crippen molar-refractivity contribution in [1.29, 1.82) is 0 Å². The lowest BCUT2D eigenvalue weighted by atomic mass is 9.88. The van der Waals surface area contributed by atoms with Gasteiger partial charge in [0, 0.05) is 18.9 Å². The highest BCUT2D eigenvalue weighted by molar-refractivity contribution is 7.91. The number of imidazole rings is 1. The fourth-order valence-corrected chi connectivity index (χ4v) is 5.26. The van der Waals surface area contributed by atoms with Crippen LogP contribution in [0.15, 0.2) is 61.2 Å². The maximum absolute atomic E-state index is 12.3. The van der Waals surface area contributed by atoms with E-state index >= 15 is 0 Å². The molecule has 0 unspecified atom stereocenters. The fraction of sp³-hybridized carbons (Fsp3) is 0.440. The molecule has 0 radical (unpaired) electrons. The van der Waals surface area contributed by atoms with Crippen molar-refractivity contribution in [2.24, 2.45) is 0 Å². The summed E-state index contributed by atoms with van der Waals surface area (Å²) < 4.78 is 26.8. The maximum Gasteiger partial charge on any atom is 0.156 e. The Kier molecular flexibility index (Phi) is 7.06. The van der Waals surface area contributed by atoms with Gasteiger partial charge in [-0.1, -0.05) is 30.3 Å². The molecule has 1 aliphatic rings. The summed E-state index contributed by atoms with van der Waals surface area (Å²) in [6.45, 7) is 7.15. The van der Waals surface area contributed by atoms with E-state index in [9.17, 15) is 8.42 Å². The van der Waals surface area contributed by atoms with Crippen molar-refractivity contribution in [2.75, 3.05) is 13.1 Å². The molecule has 1 saturated heterocycles. The lowest BCUT2D eigenvalue weighted by Gasteiger charge is -2.32. The van der Waals surface area contributed by atoms with Gasteiger partial charge < -0.3 is 4.57 Å². The van der Waals surface area contributed by atoms with E-state index in [-0.39, 0.29) is 11.0 Å². The second-order valence-electron chi connectivity index (χ2n) is 8.99.